The van der Waals surface area contributed by atoms with Crippen molar-refractivity contribution in [3.8, 4) is 0 Å². The summed E-state index contributed by atoms with van der Waals surface area (Å²) in [6.45, 7) is 2.68. The summed E-state index contributed by atoms with van der Waals surface area (Å²) in [6, 6.07) is 12.1. The van der Waals surface area contributed by atoms with Gasteiger partial charge in [-0.05, 0) is 36.2 Å². The van der Waals surface area contributed by atoms with Gasteiger partial charge < -0.3 is 15.4 Å². The SMILES string of the molecule is CC[C@H](C)NC(=O)NC(=O)COC(=O)CNC(=O)c1ccc2ccccc2c1. The van der Waals surface area contributed by atoms with Crippen LogP contribution in [0.4, 0.5) is 4.79 Å². The lowest BCUT2D eigenvalue weighted by Gasteiger charge is -2.12. The van der Waals surface area contributed by atoms with Crippen LogP contribution in [-0.4, -0.2) is 43.0 Å². The smallest absolute Gasteiger partial charge is 0.325 e. The minimum Gasteiger partial charge on any atom is -0.454 e. The van der Waals surface area contributed by atoms with E-state index in [-0.39, 0.29) is 6.04 Å². The summed E-state index contributed by atoms with van der Waals surface area (Å²) >= 11 is 0. The highest BCUT2D eigenvalue weighted by atomic mass is 16.5. The Bertz CT molecular complexity index is 881. The van der Waals surface area contributed by atoms with Crippen LogP contribution in [0.3, 0.4) is 0 Å². The molecular formula is C20H23N3O5. The van der Waals surface area contributed by atoms with Crippen molar-refractivity contribution >= 4 is 34.6 Å². The van der Waals surface area contributed by atoms with Crippen LogP contribution in [-0.2, 0) is 14.3 Å². The molecule has 0 aromatic heterocycles. The summed E-state index contributed by atoms with van der Waals surface area (Å²) in [5.74, 6) is -1.97. The molecule has 1 atom stereocenters. The fraction of sp³-hybridized carbons (Fsp3) is 0.300. The number of hydrogen-bond acceptors (Lipinski definition) is 5. The zero-order valence-electron chi connectivity index (χ0n) is 15.8. The van der Waals surface area contributed by atoms with Crippen molar-refractivity contribution < 1.29 is 23.9 Å². The van der Waals surface area contributed by atoms with Gasteiger partial charge in [0.2, 0.25) is 0 Å². The lowest BCUT2D eigenvalue weighted by atomic mass is 10.1. The highest BCUT2D eigenvalue weighted by Gasteiger charge is 2.13. The number of benzene rings is 2. The first kappa shape index (κ1) is 20.9. The van der Waals surface area contributed by atoms with Gasteiger partial charge in [0, 0.05) is 11.6 Å². The molecule has 8 nitrogen and oxygen atoms in total. The van der Waals surface area contributed by atoms with Gasteiger partial charge in [0.25, 0.3) is 11.8 Å². The van der Waals surface area contributed by atoms with E-state index in [0.717, 1.165) is 10.8 Å². The van der Waals surface area contributed by atoms with E-state index in [9.17, 15) is 19.2 Å². The highest BCUT2D eigenvalue weighted by molar-refractivity contribution is 6.00. The standard InChI is InChI=1S/C20H23N3O5/c1-3-13(2)22-20(27)23-17(24)12-28-18(25)11-21-19(26)16-9-8-14-6-4-5-7-15(14)10-16/h4-10,13H,3,11-12H2,1-2H3,(H,21,26)(H2,22,23,24,27)/t13-/m0/s1. The van der Waals surface area contributed by atoms with Gasteiger partial charge in [0.05, 0.1) is 0 Å². The Kier molecular flexibility index (Phi) is 7.50. The molecule has 0 radical (unpaired) electrons. The van der Waals surface area contributed by atoms with Crippen molar-refractivity contribution in [2.24, 2.45) is 0 Å². The van der Waals surface area contributed by atoms with E-state index in [1.165, 1.54) is 0 Å². The van der Waals surface area contributed by atoms with Gasteiger partial charge in [0.15, 0.2) is 6.61 Å². The number of nitrogens with one attached hydrogen (secondary N) is 3. The number of imide groups is 1. The molecule has 0 aliphatic heterocycles. The van der Waals surface area contributed by atoms with Crippen molar-refractivity contribution in [1.29, 1.82) is 0 Å². The maximum absolute atomic E-state index is 12.2. The summed E-state index contributed by atoms with van der Waals surface area (Å²) in [7, 11) is 0. The fourth-order valence-electron chi connectivity index (χ4n) is 2.31. The molecule has 0 saturated heterocycles. The van der Waals surface area contributed by atoms with Crippen molar-refractivity contribution in [2.75, 3.05) is 13.2 Å². The third-order valence-corrected chi connectivity index (χ3v) is 4.01. The first-order valence-electron chi connectivity index (χ1n) is 8.92. The van der Waals surface area contributed by atoms with Crippen LogP contribution >= 0.6 is 0 Å². The molecule has 0 unspecified atom stereocenters. The zero-order valence-corrected chi connectivity index (χ0v) is 15.8. The van der Waals surface area contributed by atoms with Crippen LogP contribution in [0.25, 0.3) is 10.8 Å². The van der Waals surface area contributed by atoms with Gasteiger partial charge >= 0.3 is 12.0 Å². The van der Waals surface area contributed by atoms with Crippen LogP contribution < -0.4 is 16.0 Å². The summed E-state index contributed by atoms with van der Waals surface area (Å²) < 4.78 is 4.75. The molecule has 2 aromatic rings. The second-order valence-electron chi connectivity index (χ2n) is 6.24. The minimum atomic E-state index is -0.786. The summed E-state index contributed by atoms with van der Waals surface area (Å²) in [5.41, 5.74) is 0.408. The molecule has 4 amide bonds. The second-order valence-corrected chi connectivity index (χ2v) is 6.24. The predicted octanol–water partition coefficient (Wildman–Crippen LogP) is 1.74. The Morgan fingerprint density at radius 3 is 2.46 bits per heavy atom. The van der Waals surface area contributed by atoms with Crippen LogP contribution in [0.2, 0.25) is 0 Å². The topological polar surface area (TPSA) is 114 Å². The van der Waals surface area contributed by atoms with Crippen molar-refractivity contribution in [1.82, 2.24) is 16.0 Å². The van der Waals surface area contributed by atoms with E-state index < -0.39 is 37.0 Å². The van der Waals surface area contributed by atoms with Gasteiger partial charge in [0.1, 0.15) is 6.54 Å². The van der Waals surface area contributed by atoms with E-state index in [4.69, 9.17) is 4.74 Å². The molecule has 2 rings (SSSR count). The summed E-state index contributed by atoms with van der Waals surface area (Å²) in [6.07, 6.45) is 0.716. The average Bonchev–Trinajstić information content (AvgIpc) is 2.69. The van der Waals surface area contributed by atoms with Crippen LogP contribution in [0, 0.1) is 0 Å². The second kappa shape index (κ2) is 10.1. The van der Waals surface area contributed by atoms with Gasteiger partial charge in [-0.15, -0.1) is 0 Å². The molecule has 0 fully saturated rings. The molecule has 3 N–H and O–H groups in total. The third kappa shape index (κ3) is 6.39. The van der Waals surface area contributed by atoms with E-state index in [0.29, 0.717) is 12.0 Å². The molecule has 0 heterocycles. The van der Waals surface area contributed by atoms with Gasteiger partial charge in [-0.2, -0.15) is 0 Å². The number of hydrogen-bond donors (Lipinski definition) is 3. The number of fused-ring (bicyclic) bond motifs is 1. The van der Waals surface area contributed by atoms with Gasteiger partial charge in [-0.25, -0.2) is 4.79 Å². The van der Waals surface area contributed by atoms with Crippen LogP contribution in [0.1, 0.15) is 30.6 Å². The lowest BCUT2D eigenvalue weighted by Crippen LogP contribution is -2.45. The molecule has 0 aliphatic carbocycles. The largest absolute Gasteiger partial charge is 0.454 e. The zero-order chi connectivity index (χ0) is 20.5. The van der Waals surface area contributed by atoms with Crippen LogP contribution in [0.5, 0.6) is 0 Å². The Hall–Kier alpha value is -3.42. The Labute approximate surface area is 162 Å². The third-order valence-electron chi connectivity index (χ3n) is 4.01. The molecule has 28 heavy (non-hydrogen) atoms. The maximum Gasteiger partial charge on any atom is 0.325 e. The average molecular weight is 385 g/mol. The molecule has 148 valence electrons. The first-order valence-corrected chi connectivity index (χ1v) is 8.92. The van der Waals surface area contributed by atoms with E-state index >= 15 is 0 Å². The van der Waals surface area contributed by atoms with Crippen molar-refractivity contribution in [3.63, 3.8) is 0 Å². The molecule has 2 aromatic carbocycles. The normalized spacial score (nSPS) is 11.4. The monoisotopic (exact) mass is 385 g/mol. The number of carbonyl (C=O) groups is 4. The minimum absolute atomic E-state index is 0.0827. The molecule has 0 aliphatic rings. The highest BCUT2D eigenvalue weighted by Crippen LogP contribution is 2.15. The molecule has 0 spiro atoms. The molecule has 8 heteroatoms. The van der Waals surface area contributed by atoms with Crippen molar-refractivity contribution in [3.05, 3.63) is 48.0 Å². The molecule has 0 bridgehead atoms. The number of esters is 1. The number of rotatable bonds is 7. The fourth-order valence-corrected chi connectivity index (χ4v) is 2.31. The number of amides is 4. The van der Waals surface area contributed by atoms with Gasteiger partial charge in [-0.1, -0.05) is 37.3 Å². The quantitative estimate of drug-likeness (QED) is 0.628. The van der Waals surface area contributed by atoms with E-state index in [2.05, 4.69) is 16.0 Å². The first-order chi connectivity index (χ1) is 13.4. The maximum atomic E-state index is 12.2. The number of urea groups is 1. The summed E-state index contributed by atoms with van der Waals surface area (Å²) in [4.78, 5) is 46.9. The van der Waals surface area contributed by atoms with Gasteiger partial charge in [-0.3, -0.25) is 19.7 Å². The number of ether oxygens (including phenoxy) is 1. The summed E-state index contributed by atoms with van der Waals surface area (Å²) in [5, 5.41) is 8.95. The lowest BCUT2D eigenvalue weighted by molar-refractivity contribution is -0.147. The van der Waals surface area contributed by atoms with E-state index in [1.54, 1.807) is 19.1 Å². The number of carbonyl (C=O) groups excluding carboxylic acids is 4. The van der Waals surface area contributed by atoms with E-state index in [1.807, 2.05) is 37.3 Å². The molecule has 0 saturated carbocycles. The Morgan fingerprint density at radius 2 is 1.75 bits per heavy atom. The van der Waals surface area contributed by atoms with Crippen LogP contribution in [0.15, 0.2) is 42.5 Å². The Morgan fingerprint density at radius 1 is 1.04 bits per heavy atom. The van der Waals surface area contributed by atoms with Crippen molar-refractivity contribution in [2.45, 2.75) is 26.3 Å². The molecular weight excluding hydrogens is 362 g/mol. The predicted molar refractivity (Wildman–Crippen MR) is 104 cm³/mol. The Balaban J connectivity index is 1.74.